The Morgan fingerprint density at radius 3 is 2.89 bits per heavy atom. The summed E-state index contributed by atoms with van der Waals surface area (Å²) in [4.78, 5) is 0. The zero-order valence-electron chi connectivity index (χ0n) is 10.6. The Bertz CT molecular complexity index is 411. The number of halogens is 1. The van der Waals surface area contributed by atoms with Gasteiger partial charge in [0.1, 0.15) is 0 Å². The molecule has 0 spiro atoms. The summed E-state index contributed by atoms with van der Waals surface area (Å²) in [7, 11) is 0. The molecule has 2 heterocycles. The average molecular weight is 266 g/mol. The molecular weight excluding hydrogens is 246 g/mol. The lowest BCUT2D eigenvalue weighted by Gasteiger charge is -2.45. The minimum absolute atomic E-state index is 0.217. The van der Waals surface area contributed by atoms with Crippen LogP contribution in [-0.2, 0) is 10.2 Å². The zero-order chi connectivity index (χ0) is 12.4. The molecule has 1 aromatic rings. The van der Waals surface area contributed by atoms with Gasteiger partial charge in [-0.05, 0) is 56.0 Å². The summed E-state index contributed by atoms with van der Waals surface area (Å²) in [6.45, 7) is 4.03. The number of piperidine rings is 1. The van der Waals surface area contributed by atoms with Crippen molar-refractivity contribution in [3.05, 3.63) is 34.9 Å². The van der Waals surface area contributed by atoms with Crippen molar-refractivity contribution < 1.29 is 4.74 Å². The average Bonchev–Trinajstić information content (AvgIpc) is 2.35. The molecule has 1 unspecified atom stereocenters. The largest absolute Gasteiger partial charge is 0.379 e. The van der Waals surface area contributed by atoms with Gasteiger partial charge < -0.3 is 10.1 Å². The Labute approximate surface area is 114 Å². The van der Waals surface area contributed by atoms with E-state index in [1.807, 2.05) is 6.07 Å². The topological polar surface area (TPSA) is 21.3 Å². The van der Waals surface area contributed by atoms with E-state index in [9.17, 15) is 0 Å². The van der Waals surface area contributed by atoms with Gasteiger partial charge in [-0.15, -0.1) is 0 Å². The van der Waals surface area contributed by atoms with Crippen LogP contribution in [0.2, 0.25) is 5.02 Å². The molecule has 18 heavy (non-hydrogen) atoms. The molecule has 0 saturated carbocycles. The fourth-order valence-corrected chi connectivity index (χ4v) is 3.41. The van der Waals surface area contributed by atoms with E-state index in [-0.39, 0.29) is 5.41 Å². The highest BCUT2D eigenvalue weighted by Gasteiger charge is 2.42. The van der Waals surface area contributed by atoms with Crippen LogP contribution in [-0.4, -0.2) is 26.3 Å². The third kappa shape index (κ3) is 2.42. The van der Waals surface area contributed by atoms with Gasteiger partial charge in [-0.3, -0.25) is 0 Å². The smallest absolute Gasteiger partial charge is 0.0585 e. The summed E-state index contributed by atoms with van der Waals surface area (Å²) in [6.07, 6.45) is 3.87. The second kappa shape index (κ2) is 5.20. The minimum Gasteiger partial charge on any atom is -0.379 e. The molecule has 3 heteroatoms. The summed E-state index contributed by atoms with van der Waals surface area (Å²) in [5, 5.41) is 4.34. The molecule has 2 aliphatic heterocycles. The fraction of sp³-hybridized carbons (Fsp3) is 0.600. The number of ether oxygens (including phenoxy) is 1. The lowest BCUT2D eigenvalue weighted by atomic mass is 9.71. The molecule has 0 aliphatic carbocycles. The Hall–Kier alpha value is -0.570. The third-order valence-electron chi connectivity index (χ3n) is 4.27. The normalized spacial score (nSPS) is 26.6. The van der Waals surface area contributed by atoms with Crippen LogP contribution in [0.3, 0.4) is 0 Å². The van der Waals surface area contributed by atoms with Crippen molar-refractivity contribution in [2.45, 2.75) is 24.7 Å². The lowest BCUT2D eigenvalue weighted by Crippen LogP contribution is -2.49. The predicted octanol–water partition coefficient (Wildman–Crippen LogP) is 3.00. The molecule has 2 nitrogen and oxygen atoms in total. The van der Waals surface area contributed by atoms with Crippen LogP contribution >= 0.6 is 11.6 Å². The van der Waals surface area contributed by atoms with Crippen molar-refractivity contribution in [3.63, 3.8) is 0 Å². The maximum absolute atomic E-state index is 6.12. The molecule has 2 fully saturated rings. The molecule has 0 amide bonds. The standard InChI is InChI=1S/C15H20ClNO/c16-14-5-1-4-13(7-14)15(10-18-11-15)8-12-3-2-6-17-9-12/h1,4-5,7,12,17H,2-3,6,8-11H2. The first kappa shape index (κ1) is 12.5. The lowest BCUT2D eigenvalue weighted by molar-refractivity contribution is -0.0726. The van der Waals surface area contributed by atoms with E-state index in [1.54, 1.807) is 0 Å². The van der Waals surface area contributed by atoms with Gasteiger partial charge in [-0.25, -0.2) is 0 Å². The number of rotatable bonds is 3. The Morgan fingerprint density at radius 1 is 1.39 bits per heavy atom. The van der Waals surface area contributed by atoms with Gasteiger partial charge in [-0.1, -0.05) is 23.7 Å². The Balaban J connectivity index is 1.77. The van der Waals surface area contributed by atoms with Gasteiger partial charge in [0.15, 0.2) is 0 Å². The van der Waals surface area contributed by atoms with E-state index in [1.165, 1.54) is 31.4 Å². The van der Waals surface area contributed by atoms with E-state index < -0.39 is 0 Å². The van der Waals surface area contributed by atoms with E-state index in [0.29, 0.717) is 0 Å². The van der Waals surface area contributed by atoms with Gasteiger partial charge in [0, 0.05) is 10.4 Å². The highest BCUT2D eigenvalue weighted by Crippen LogP contribution is 2.40. The minimum atomic E-state index is 0.217. The van der Waals surface area contributed by atoms with Crippen LogP contribution in [0.25, 0.3) is 0 Å². The molecular formula is C15H20ClNO. The van der Waals surface area contributed by atoms with Crippen molar-refractivity contribution in [1.82, 2.24) is 5.32 Å². The zero-order valence-corrected chi connectivity index (χ0v) is 11.4. The van der Waals surface area contributed by atoms with Gasteiger partial charge in [-0.2, -0.15) is 0 Å². The van der Waals surface area contributed by atoms with Gasteiger partial charge in [0.25, 0.3) is 0 Å². The number of hydrogen-bond donors (Lipinski definition) is 1. The van der Waals surface area contributed by atoms with E-state index >= 15 is 0 Å². The van der Waals surface area contributed by atoms with Gasteiger partial charge in [0.05, 0.1) is 13.2 Å². The van der Waals surface area contributed by atoms with Gasteiger partial charge in [0.2, 0.25) is 0 Å². The number of nitrogens with one attached hydrogen (secondary N) is 1. The summed E-state index contributed by atoms with van der Waals surface area (Å²) in [6, 6.07) is 8.31. The van der Waals surface area contributed by atoms with Gasteiger partial charge >= 0.3 is 0 Å². The Morgan fingerprint density at radius 2 is 2.28 bits per heavy atom. The molecule has 2 aliphatic rings. The molecule has 1 atom stereocenters. The Kier molecular flexibility index (Phi) is 3.60. The van der Waals surface area contributed by atoms with Crippen LogP contribution in [0.1, 0.15) is 24.8 Å². The van der Waals surface area contributed by atoms with E-state index in [2.05, 4.69) is 23.5 Å². The number of benzene rings is 1. The second-order valence-electron chi connectivity index (χ2n) is 5.70. The molecule has 1 N–H and O–H groups in total. The SMILES string of the molecule is Clc1cccc(C2(CC3CCCNC3)COC2)c1. The summed E-state index contributed by atoms with van der Waals surface area (Å²) < 4.78 is 5.51. The third-order valence-corrected chi connectivity index (χ3v) is 4.51. The molecule has 0 radical (unpaired) electrons. The first-order valence-electron chi connectivity index (χ1n) is 6.83. The summed E-state index contributed by atoms with van der Waals surface area (Å²) in [5.41, 5.74) is 1.57. The van der Waals surface area contributed by atoms with Crippen molar-refractivity contribution >= 4 is 11.6 Å². The van der Waals surface area contributed by atoms with Crippen molar-refractivity contribution in [1.29, 1.82) is 0 Å². The van der Waals surface area contributed by atoms with Crippen LogP contribution in [0, 0.1) is 5.92 Å². The quantitative estimate of drug-likeness (QED) is 0.907. The molecule has 0 aromatic heterocycles. The highest BCUT2D eigenvalue weighted by atomic mass is 35.5. The first-order chi connectivity index (χ1) is 8.78. The second-order valence-corrected chi connectivity index (χ2v) is 6.14. The summed E-state index contributed by atoms with van der Waals surface area (Å²) in [5.74, 6) is 0.779. The monoisotopic (exact) mass is 265 g/mol. The molecule has 0 bridgehead atoms. The maximum Gasteiger partial charge on any atom is 0.0585 e. The molecule has 2 saturated heterocycles. The van der Waals surface area contributed by atoms with E-state index in [0.717, 1.165) is 30.7 Å². The van der Waals surface area contributed by atoms with Crippen molar-refractivity contribution in [3.8, 4) is 0 Å². The maximum atomic E-state index is 6.12. The first-order valence-corrected chi connectivity index (χ1v) is 7.21. The van der Waals surface area contributed by atoms with Crippen LogP contribution < -0.4 is 5.32 Å². The summed E-state index contributed by atoms with van der Waals surface area (Å²) >= 11 is 6.12. The highest BCUT2D eigenvalue weighted by molar-refractivity contribution is 6.30. The predicted molar refractivity (Wildman–Crippen MR) is 74.2 cm³/mol. The molecule has 98 valence electrons. The van der Waals surface area contributed by atoms with Crippen molar-refractivity contribution in [2.24, 2.45) is 5.92 Å². The van der Waals surface area contributed by atoms with Crippen LogP contribution in [0.5, 0.6) is 0 Å². The van der Waals surface area contributed by atoms with Crippen molar-refractivity contribution in [2.75, 3.05) is 26.3 Å². The van der Waals surface area contributed by atoms with Crippen LogP contribution in [0.4, 0.5) is 0 Å². The van der Waals surface area contributed by atoms with Crippen LogP contribution in [0.15, 0.2) is 24.3 Å². The molecule has 3 rings (SSSR count). The fourth-order valence-electron chi connectivity index (χ4n) is 3.22. The number of hydrogen-bond acceptors (Lipinski definition) is 2. The molecule has 1 aromatic carbocycles. The van der Waals surface area contributed by atoms with E-state index in [4.69, 9.17) is 16.3 Å².